The molecule has 2 unspecified atom stereocenters. The van der Waals surface area contributed by atoms with E-state index in [1.807, 2.05) is 0 Å². The van der Waals surface area contributed by atoms with Gasteiger partial charge in [-0.3, -0.25) is 24.6 Å². The topological polar surface area (TPSA) is 88.2 Å². The molecule has 3 aliphatic heterocycles. The van der Waals surface area contributed by atoms with Crippen molar-refractivity contribution in [1.29, 1.82) is 0 Å². The van der Waals surface area contributed by atoms with Crippen molar-refractivity contribution in [2.24, 2.45) is 0 Å². The zero-order valence-corrected chi connectivity index (χ0v) is 21.0. The third-order valence-electron chi connectivity index (χ3n) is 6.13. The smallest absolute Gasteiger partial charge is 0.255 e. The van der Waals surface area contributed by atoms with Crippen LogP contribution in [-0.2, 0) is 34.0 Å². The van der Waals surface area contributed by atoms with Gasteiger partial charge in [-0.25, -0.2) is 4.39 Å². The quantitative estimate of drug-likeness (QED) is 0.571. The van der Waals surface area contributed by atoms with E-state index >= 15 is 4.39 Å². The molecule has 5 rings (SSSR count). The number of piperidine rings is 1. The summed E-state index contributed by atoms with van der Waals surface area (Å²) in [7, 11) is 0. The molecule has 202 valence electrons. The Bertz CT molecular complexity index is 1740. The van der Waals surface area contributed by atoms with Crippen LogP contribution in [0.4, 0.5) is 4.39 Å². The van der Waals surface area contributed by atoms with Crippen LogP contribution in [0.3, 0.4) is 0 Å². The first-order valence-corrected chi connectivity index (χ1v) is 11.9. The Balaban J connectivity index is 1.36. The highest BCUT2D eigenvalue weighted by molar-refractivity contribution is 6.05. The molecule has 8 nitrogen and oxygen atoms in total. The lowest BCUT2D eigenvalue weighted by atomic mass is 9.98. The second-order valence-corrected chi connectivity index (χ2v) is 9.88. The normalized spacial score (nSPS) is 35.3. The van der Waals surface area contributed by atoms with Crippen LogP contribution in [0.25, 0.3) is 0 Å². The number of halogens is 1. The molecule has 0 radical (unpaired) electrons. The van der Waals surface area contributed by atoms with Gasteiger partial charge in [0, 0.05) is 57.7 Å². The Kier molecular flexibility index (Phi) is 4.11. The van der Waals surface area contributed by atoms with Crippen LogP contribution in [0.15, 0.2) is 36.4 Å². The highest BCUT2D eigenvalue weighted by Gasteiger charge is 2.40. The number of fused-ring (bicyclic) bond motifs is 1. The summed E-state index contributed by atoms with van der Waals surface area (Å²) in [5, 5.41) is 1.79. The average Bonchev–Trinajstić information content (AvgIpc) is 3.28. The molecule has 0 aromatic heterocycles. The number of carbonyl (C=O) groups excluding carboxylic acids is 3. The molecule has 1 N–H and O–H groups in total. The second-order valence-electron chi connectivity index (χ2n) is 9.88. The first kappa shape index (κ1) is 16.0. The molecule has 3 amide bonds. The van der Waals surface area contributed by atoms with E-state index < -0.39 is 79.9 Å². The Morgan fingerprint density at radius 1 is 1.18 bits per heavy atom. The maximum absolute atomic E-state index is 15.4. The lowest BCUT2D eigenvalue weighted by molar-refractivity contribution is -0.182. The minimum atomic E-state index is -3.12. The molecular formula is C29H34FN3O5. The fraction of sp³-hybridized carbons (Fsp3) is 0.483. The summed E-state index contributed by atoms with van der Waals surface area (Å²) in [5.41, 5.74) is -3.83. The van der Waals surface area contributed by atoms with Gasteiger partial charge >= 0.3 is 0 Å². The summed E-state index contributed by atoms with van der Waals surface area (Å²) in [5.74, 6) is -4.16. The minimum absolute atomic E-state index is 0.0119. The molecule has 0 saturated carbocycles. The maximum Gasteiger partial charge on any atom is 0.255 e. The van der Waals surface area contributed by atoms with Crippen LogP contribution in [0, 0.1) is 5.82 Å². The number of amides is 3. The number of hydrogen-bond donors (Lipinski definition) is 1. The molecule has 2 aromatic rings. The maximum atomic E-state index is 15.4. The monoisotopic (exact) mass is 534 g/mol. The number of nitrogens with one attached hydrogen (secondary N) is 1. The summed E-state index contributed by atoms with van der Waals surface area (Å²) in [6, 6.07) is 6.11. The molecule has 3 heterocycles. The zero-order chi connectivity index (χ0) is 36.9. The number of nitrogens with zero attached hydrogens (tertiary/aromatic N) is 2. The van der Waals surface area contributed by atoms with Crippen molar-refractivity contribution in [2.75, 3.05) is 13.0 Å². The fourth-order valence-electron chi connectivity index (χ4n) is 4.69. The molecule has 2 atom stereocenters. The molecule has 3 aliphatic rings. The lowest BCUT2D eigenvalue weighted by Gasteiger charge is -2.47. The summed E-state index contributed by atoms with van der Waals surface area (Å²) < 4.78 is 118. The predicted molar refractivity (Wildman–Crippen MR) is 138 cm³/mol. The molecule has 9 heteroatoms. The van der Waals surface area contributed by atoms with E-state index in [0.29, 0.717) is 4.90 Å². The van der Waals surface area contributed by atoms with Gasteiger partial charge in [0.2, 0.25) is 11.8 Å². The fourth-order valence-corrected chi connectivity index (χ4v) is 4.69. The summed E-state index contributed by atoms with van der Waals surface area (Å²) >= 11 is 0. The molecule has 0 spiro atoms. The van der Waals surface area contributed by atoms with Gasteiger partial charge < -0.3 is 14.4 Å². The third kappa shape index (κ3) is 5.44. The van der Waals surface area contributed by atoms with Crippen molar-refractivity contribution >= 4 is 17.7 Å². The van der Waals surface area contributed by atoms with E-state index in [0.717, 1.165) is 17.9 Å². The van der Waals surface area contributed by atoms with Gasteiger partial charge in [-0.1, -0.05) is 18.2 Å². The van der Waals surface area contributed by atoms with Crippen LogP contribution >= 0.6 is 0 Å². The Morgan fingerprint density at radius 2 is 1.97 bits per heavy atom. The minimum Gasteiger partial charge on any atom is -0.488 e. The number of morpholine rings is 1. The highest BCUT2D eigenvalue weighted by atomic mass is 19.1. The predicted octanol–water partition coefficient (Wildman–Crippen LogP) is 3.56. The number of carbonyl (C=O) groups is 3. The van der Waals surface area contributed by atoms with E-state index in [9.17, 15) is 14.4 Å². The Hall–Kier alpha value is -3.30. The number of ether oxygens (including phenoxy) is 2. The van der Waals surface area contributed by atoms with Crippen LogP contribution < -0.4 is 10.1 Å². The van der Waals surface area contributed by atoms with Crippen LogP contribution in [0.5, 0.6) is 5.75 Å². The summed E-state index contributed by atoms with van der Waals surface area (Å²) in [4.78, 5) is 39.5. The van der Waals surface area contributed by atoms with Crippen LogP contribution in [0.1, 0.15) is 82.5 Å². The highest BCUT2D eigenvalue weighted by Crippen LogP contribution is 2.34. The second kappa shape index (κ2) is 9.78. The molecule has 2 saturated heterocycles. The van der Waals surface area contributed by atoms with Crippen molar-refractivity contribution in [3.63, 3.8) is 0 Å². The standard InChI is InChI=1S/C29H34FN3O5/c1-28(2)16-32(17-29(3,4)38-28)13-18-8-9-19(22(30)12-18)15-37-24-7-5-6-20-21(24)14-33(27(20)36)23-10-11-25(34)31-26(23)35/h5-9,12,23H,10-11,13-17H2,1-4H3,(H,31,34,35)/i1D3,10D2,11D2,16D2,17D2. The van der Waals surface area contributed by atoms with E-state index in [2.05, 4.69) is 0 Å². The van der Waals surface area contributed by atoms with E-state index in [1.165, 1.54) is 44.2 Å². The first-order chi connectivity index (χ1) is 22.2. The SMILES string of the molecule is [2H]C([2H])([2H])C1(C)OC(C)(C)C([2H])([2H])N(Cc2ccc(COc3cccc4c3CN(C3C(=O)NC(=O)C([2H])([2H])C3([2H])[2H])C4=O)c(F)c2)C1([2H])[2H]. The number of rotatable bonds is 6. The van der Waals surface area contributed by atoms with Crippen LogP contribution in [-0.4, -0.2) is 57.8 Å². The van der Waals surface area contributed by atoms with E-state index in [-0.39, 0.29) is 41.2 Å². The average molecular weight is 535 g/mol. The molecule has 2 aromatic carbocycles. The molecule has 38 heavy (non-hydrogen) atoms. The van der Waals surface area contributed by atoms with Gasteiger partial charge in [0.05, 0.1) is 17.7 Å². The van der Waals surface area contributed by atoms with Gasteiger partial charge in [-0.15, -0.1) is 0 Å². The number of hydrogen-bond acceptors (Lipinski definition) is 6. The van der Waals surface area contributed by atoms with E-state index in [1.54, 1.807) is 5.32 Å². The van der Waals surface area contributed by atoms with Gasteiger partial charge in [0.1, 0.15) is 24.2 Å². The Labute approximate surface area is 237 Å². The van der Waals surface area contributed by atoms with Crippen molar-refractivity contribution in [3.8, 4) is 5.75 Å². The van der Waals surface area contributed by atoms with E-state index in [4.69, 9.17) is 24.6 Å². The van der Waals surface area contributed by atoms with Gasteiger partial charge in [0.25, 0.3) is 5.91 Å². The van der Waals surface area contributed by atoms with Crippen molar-refractivity contribution in [3.05, 3.63) is 64.5 Å². The summed E-state index contributed by atoms with van der Waals surface area (Å²) in [6.45, 7) is -6.00. The summed E-state index contributed by atoms with van der Waals surface area (Å²) in [6.07, 6.45) is -6.19. The molecule has 0 bridgehead atoms. The first-order valence-electron chi connectivity index (χ1n) is 17.4. The largest absolute Gasteiger partial charge is 0.488 e. The van der Waals surface area contributed by atoms with Gasteiger partial charge in [-0.05, 0) is 57.8 Å². The molecule has 2 fully saturated rings. The molecule has 0 aliphatic carbocycles. The molecular weight excluding hydrogens is 489 g/mol. The third-order valence-corrected chi connectivity index (χ3v) is 6.13. The van der Waals surface area contributed by atoms with Crippen molar-refractivity contribution in [1.82, 2.24) is 15.1 Å². The van der Waals surface area contributed by atoms with Gasteiger partial charge in [-0.2, -0.15) is 0 Å². The lowest BCUT2D eigenvalue weighted by Crippen LogP contribution is -2.56. The van der Waals surface area contributed by atoms with Crippen molar-refractivity contribution < 1.29 is 43.3 Å². The van der Waals surface area contributed by atoms with Crippen molar-refractivity contribution in [2.45, 2.75) is 77.3 Å². The van der Waals surface area contributed by atoms with Crippen LogP contribution in [0.2, 0.25) is 0 Å². The number of benzene rings is 2. The zero-order valence-electron chi connectivity index (χ0n) is 32.0. The van der Waals surface area contributed by atoms with Gasteiger partial charge in [0.15, 0.2) is 0 Å². The Morgan fingerprint density at radius 3 is 2.74 bits per heavy atom. The number of imide groups is 1.